The molecule has 0 heterocycles. The van der Waals surface area contributed by atoms with Crippen LogP contribution in [0, 0.1) is 10.1 Å². The summed E-state index contributed by atoms with van der Waals surface area (Å²) in [6.07, 6.45) is 0. The molecule has 0 radical (unpaired) electrons. The fourth-order valence-corrected chi connectivity index (χ4v) is 3.14. The molecule has 20 heavy (non-hydrogen) atoms. The van der Waals surface area contributed by atoms with Gasteiger partial charge >= 0.3 is 0 Å². The maximum atomic E-state index is 12.4. The van der Waals surface area contributed by atoms with E-state index in [1.165, 1.54) is 25.3 Å². The summed E-state index contributed by atoms with van der Waals surface area (Å²) >= 11 is 0. The fourth-order valence-electron chi connectivity index (χ4n) is 1.72. The molecule has 0 saturated carbocycles. The van der Waals surface area contributed by atoms with E-state index in [1.807, 2.05) is 0 Å². The summed E-state index contributed by atoms with van der Waals surface area (Å²) in [7, 11) is -2.50. The van der Waals surface area contributed by atoms with E-state index in [-0.39, 0.29) is 21.2 Å². The highest BCUT2D eigenvalue weighted by Crippen LogP contribution is 2.32. The van der Waals surface area contributed by atoms with Gasteiger partial charge in [-0.25, -0.2) is 8.42 Å². The van der Waals surface area contributed by atoms with Crippen molar-refractivity contribution in [1.29, 1.82) is 0 Å². The van der Waals surface area contributed by atoms with Crippen LogP contribution in [-0.4, -0.2) is 20.5 Å². The molecule has 2 rings (SSSR count). The van der Waals surface area contributed by atoms with Crippen LogP contribution >= 0.6 is 0 Å². The van der Waals surface area contributed by atoms with Crippen LogP contribution in [0.5, 0.6) is 5.75 Å². The van der Waals surface area contributed by atoms with E-state index in [0.29, 0.717) is 0 Å². The van der Waals surface area contributed by atoms with E-state index >= 15 is 0 Å². The fraction of sp³-hybridized carbons (Fsp3) is 0.0769. The Hall–Kier alpha value is -2.41. The van der Waals surface area contributed by atoms with Crippen molar-refractivity contribution in [2.75, 3.05) is 7.11 Å². The molecule has 0 aliphatic rings. The lowest BCUT2D eigenvalue weighted by Crippen LogP contribution is -2.04. The number of benzene rings is 2. The zero-order chi connectivity index (χ0) is 14.8. The summed E-state index contributed by atoms with van der Waals surface area (Å²) in [6.45, 7) is 0. The third kappa shape index (κ3) is 2.48. The Balaban J connectivity index is 2.61. The average Bonchev–Trinajstić information content (AvgIpc) is 2.47. The summed E-state index contributed by atoms with van der Waals surface area (Å²) in [5, 5.41) is 10.7. The molecule has 0 aromatic heterocycles. The van der Waals surface area contributed by atoms with Gasteiger partial charge in [-0.2, -0.15) is 0 Å². The molecule has 7 heteroatoms. The van der Waals surface area contributed by atoms with E-state index < -0.39 is 14.8 Å². The molecule has 0 N–H and O–H groups in total. The predicted molar refractivity (Wildman–Crippen MR) is 71.5 cm³/mol. The lowest BCUT2D eigenvalue weighted by molar-refractivity contribution is -0.385. The first-order valence-electron chi connectivity index (χ1n) is 5.59. The third-order valence-corrected chi connectivity index (χ3v) is 4.51. The van der Waals surface area contributed by atoms with Gasteiger partial charge < -0.3 is 4.74 Å². The molecule has 0 unspecified atom stereocenters. The van der Waals surface area contributed by atoms with Crippen molar-refractivity contribution in [3.63, 3.8) is 0 Å². The summed E-state index contributed by atoms with van der Waals surface area (Å²) in [5.74, 6) is -0.0527. The molecule has 0 aliphatic heterocycles. The number of ether oxygens (including phenoxy) is 1. The molecule has 0 atom stereocenters. The Kier molecular flexibility index (Phi) is 3.71. The number of nitro benzene ring substituents is 1. The average molecular weight is 293 g/mol. The maximum absolute atomic E-state index is 12.4. The van der Waals surface area contributed by atoms with Crippen molar-refractivity contribution in [3.05, 3.63) is 58.6 Å². The summed E-state index contributed by atoms with van der Waals surface area (Å²) < 4.78 is 29.9. The number of nitro groups is 1. The minimum absolute atomic E-state index is 0.0527. The predicted octanol–water partition coefficient (Wildman–Crippen LogP) is 2.44. The zero-order valence-corrected chi connectivity index (χ0v) is 11.3. The van der Waals surface area contributed by atoms with Gasteiger partial charge in [-0.3, -0.25) is 10.1 Å². The number of rotatable bonds is 4. The van der Waals surface area contributed by atoms with Crippen LogP contribution < -0.4 is 4.74 Å². The number of hydrogen-bond acceptors (Lipinski definition) is 5. The topological polar surface area (TPSA) is 86.5 Å². The van der Waals surface area contributed by atoms with Crippen LogP contribution in [0.3, 0.4) is 0 Å². The lowest BCUT2D eigenvalue weighted by atomic mass is 10.3. The first kappa shape index (κ1) is 14.0. The third-order valence-electron chi connectivity index (χ3n) is 2.70. The van der Waals surface area contributed by atoms with E-state index in [4.69, 9.17) is 4.74 Å². The van der Waals surface area contributed by atoms with Crippen LogP contribution in [-0.2, 0) is 9.84 Å². The quantitative estimate of drug-likeness (QED) is 0.638. The molecule has 6 nitrogen and oxygen atoms in total. The Labute approximate surface area is 115 Å². The van der Waals surface area contributed by atoms with Crippen molar-refractivity contribution in [1.82, 2.24) is 0 Å². The number of non-ortho nitro benzene ring substituents is 1. The van der Waals surface area contributed by atoms with Gasteiger partial charge in [0.2, 0.25) is 9.84 Å². The van der Waals surface area contributed by atoms with Gasteiger partial charge in [-0.1, -0.05) is 18.2 Å². The SMILES string of the molecule is COc1cc([N+](=O)[O-])ccc1S(=O)(=O)c1ccccc1. The summed E-state index contributed by atoms with van der Waals surface area (Å²) in [4.78, 5) is 10.1. The Morgan fingerprint density at radius 1 is 1.10 bits per heavy atom. The van der Waals surface area contributed by atoms with Crippen LogP contribution in [0.25, 0.3) is 0 Å². The molecule has 0 spiro atoms. The molecule has 0 fully saturated rings. The minimum atomic E-state index is -3.77. The second-order valence-electron chi connectivity index (χ2n) is 3.91. The van der Waals surface area contributed by atoms with Gasteiger partial charge in [0.25, 0.3) is 5.69 Å². The minimum Gasteiger partial charge on any atom is -0.495 e. The molecular weight excluding hydrogens is 282 g/mol. The standard InChI is InChI=1S/C13H11NO5S/c1-19-12-9-10(14(15)16)7-8-13(12)20(17,18)11-5-3-2-4-6-11/h2-9H,1H3. The maximum Gasteiger partial charge on any atom is 0.273 e. The Morgan fingerprint density at radius 3 is 2.30 bits per heavy atom. The highest BCUT2D eigenvalue weighted by Gasteiger charge is 2.23. The highest BCUT2D eigenvalue weighted by atomic mass is 32.2. The van der Waals surface area contributed by atoms with E-state index in [1.54, 1.807) is 18.2 Å². The first-order valence-corrected chi connectivity index (χ1v) is 7.07. The van der Waals surface area contributed by atoms with Gasteiger partial charge in [0, 0.05) is 6.07 Å². The van der Waals surface area contributed by atoms with Gasteiger partial charge in [-0.05, 0) is 18.2 Å². The second-order valence-corrected chi connectivity index (χ2v) is 5.83. The molecule has 2 aromatic rings. The van der Waals surface area contributed by atoms with Crippen molar-refractivity contribution in [2.45, 2.75) is 9.79 Å². The largest absolute Gasteiger partial charge is 0.495 e. The molecule has 0 aliphatic carbocycles. The second kappa shape index (κ2) is 5.30. The smallest absolute Gasteiger partial charge is 0.273 e. The highest BCUT2D eigenvalue weighted by molar-refractivity contribution is 7.91. The number of sulfone groups is 1. The molecule has 0 saturated heterocycles. The van der Waals surface area contributed by atoms with E-state index in [2.05, 4.69) is 0 Å². The number of methoxy groups -OCH3 is 1. The van der Waals surface area contributed by atoms with Gasteiger partial charge in [0.05, 0.1) is 23.0 Å². The molecule has 0 amide bonds. The first-order chi connectivity index (χ1) is 9.46. The molecular formula is C13H11NO5S. The summed E-state index contributed by atoms with van der Waals surface area (Å²) in [5.41, 5.74) is -0.228. The zero-order valence-electron chi connectivity index (χ0n) is 10.5. The van der Waals surface area contributed by atoms with Gasteiger partial charge in [0.15, 0.2) is 0 Å². The molecule has 2 aromatic carbocycles. The van der Waals surface area contributed by atoms with Crippen molar-refractivity contribution in [3.8, 4) is 5.75 Å². The molecule has 104 valence electrons. The van der Waals surface area contributed by atoms with Crippen molar-refractivity contribution in [2.24, 2.45) is 0 Å². The number of hydrogen-bond donors (Lipinski definition) is 0. The van der Waals surface area contributed by atoms with Crippen LogP contribution in [0.4, 0.5) is 5.69 Å². The van der Waals surface area contributed by atoms with Gasteiger partial charge in [0.1, 0.15) is 10.6 Å². The van der Waals surface area contributed by atoms with Crippen molar-refractivity contribution >= 4 is 15.5 Å². The Bertz CT molecular complexity index is 741. The van der Waals surface area contributed by atoms with E-state index in [0.717, 1.165) is 12.1 Å². The lowest BCUT2D eigenvalue weighted by Gasteiger charge is -2.09. The van der Waals surface area contributed by atoms with Crippen LogP contribution in [0.1, 0.15) is 0 Å². The molecule has 0 bridgehead atoms. The van der Waals surface area contributed by atoms with Crippen LogP contribution in [0.15, 0.2) is 58.3 Å². The van der Waals surface area contributed by atoms with Crippen LogP contribution in [0.2, 0.25) is 0 Å². The summed E-state index contributed by atoms with van der Waals surface area (Å²) in [6, 6.07) is 11.2. The van der Waals surface area contributed by atoms with Crippen molar-refractivity contribution < 1.29 is 18.1 Å². The number of nitrogens with zero attached hydrogens (tertiary/aromatic N) is 1. The monoisotopic (exact) mass is 293 g/mol. The Morgan fingerprint density at radius 2 is 1.75 bits per heavy atom. The normalized spacial score (nSPS) is 11.1. The van der Waals surface area contributed by atoms with Gasteiger partial charge in [-0.15, -0.1) is 0 Å². The van der Waals surface area contributed by atoms with E-state index in [9.17, 15) is 18.5 Å².